The first-order chi connectivity index (χ1) is 11.0. The summed E-state index contributed by atoms with van der Waals surface area (Å²) in [6.45, 7) is 3.36. The number of hydrogen-bond acceptors (Lipinski definition) is 3. The number of nitrogens with one attached hydrogen (secondary N) is 1. The van der Waals surface area contributed by atoms with Crippen LogP contribution in [0.3, 0.4) is 0 Å². The van der Waals surface area contributed by atoms with E-state index in [0.717, 1.165) is 5.56 Å². The maximum absolute atomic E-state index is 12.9. The fourth-order valence-electron chi connectivity index (χ4n) is 1.80. The molecular weight excluding hydrogens is 321 g/mol. The quantitative estimate of drug-likeness (QED) is 0.809. The molecule has 2 atom stereocenters. The van der Waals surface area contributed by atoms with Gasteiger partial charge < -0.3 is 4.74 Å². The van der Waals surface area contributed by atoms with Crippen LogP contribution < -0.4 is 10.2 Å². The predicted molar refractivity (Wildman–Crippen MR) is 85.6 cm³/mol. The first-order valence-corrected chi connectivity index (χ1v) is 7.46. The number of rotatable bonds is 6. The molecule has 23 heavy (non-hydrogen) atoms. The van der Waals surface area contributed by atoms with Crippen molar-refractivity contribution < 1.29 is 18.8 Å². The van der Waals surface area contributed by atoms with E-state index in [-0.39, 0.29) is 5.82 Å². The number of ether oxygens (including phenoxy) is 1. The zero-order valence-electron chi connectivity index (χ0n) is 12.8. The van der Waals surface area contributed by atoms with E-state index in [1.165, 1.54) is 12.1 Å². The van der Waals surface area contributed by atoms with E-state index in [1.807, 2.05) is 0 Å². The van der Waals surface area contributed by atoms with Gasteiger partial charge in [0.15, 0.2) is 6.10 Å². The summed E-state index contributed by atoms with van der Waals surface area (Å²) in [6.07, 6.45) is -1.15. The molecule has 4 nitrogen and oxygen atoms in total. The van der Waals surface area contributed by atoms with Gasteiger partial charge in [-0.3, -0.25) is 9.63 Å². The Labute approximate surface area is 139 Å². The molecule has 0 spiro atoms. The Morgan fingerprint density at radius 2 is 1.70 bits per heavy atom. The number of carbonyl (C=O) groups excluding carboxylic acids is 1. The summed E-state index contributed by atoms with van der Waals surface area (Å²) < 4.78 is 18.4. The lowest BCUT2D eigenvalue weighted by atomic mass is 10.1. The Hall–Kier alpha value is -2.11. The van der Waals surface area contributed by atoms with E-state index in [1.54, 1.807) is 50.2 Å². The minimum absolute atomic E-state index is 0.324. The molecule has 6 heteroatoms. The Morgan fingerprint density at radius 3 is 2.30 bits per heavy atom. The molecule has 0 heterocycles. The van der Waals surface area contributed by atoms with Crippen LogP contribution in [0.2, 0.25) is 5.02 Å². The van der Waals surface area contributed by atoms with E-state index in [9.17, 15) is 9.18 Å². The highest BCUT2D eigenvalue weighted by molar-refractivity contribution is 6.30. The summed E-state index contributed by atoms with van der Waals surface area (Å²) in [6, 6.07) is 12.6. The van der Waals surface area contributed by atoms with Gasteiger partial charge in [-0.1, -0.05) is 23.7 Å². The third-order valence-corrected chi connectivity index (χ3v) is 3.42. The highest BCUT2D eigenvalue weighted by atomic mass is 35.5. The van der Waals surface area contributed by atoms with E-state index < -0.39 is 18.1 Å². The summed E-state index contributed by atoms with van der Waals surface area (Å²) in [5.74, 6) is -0.215. The van der Waals surface area contributed by atoms with Crippen LogP contribution in [0.25, 0.3) is 0 Å². The highest BCUT2D eigenvalue weighted by Crippen LogP contribution is 2.18. The summed E-state index contributed by atoms with van der Waals surface area (Å²) >= 11 is 5.78. The zero-order chi connectivity index (χ0) is 16.8. The average molecular weight is 338 g/mol. The van der Waals surface area contributed by atoms with E-state index in [0.29, 0.717) is 10.8 Å². The Bertz CT molecular complexity index is 646. The van der Waals surface area contributed by atoms with Crippen LogP contribution >= 0.6 is 11.6 Å². The molecule has 1 N–H and O–H groups in total. The standard InChI is InChI=1S/C17H17ClFNO3/c1-11(13-3-7-15(19)8-4-13)23-20-17(21)12(2)22-16-9-5-14(18)6-10-16/h3-12H,1-2H3,(H,20,21). The van der Waals surface area contributed by atoms with Crippen molar-refractivity contribution in [2.75, 3.05) is 0 Å². The largest absolute Gasteiger partial charge is 0.481 e. The number of benzene rings is 2. The molecule has 122 valence electrons. The smallest absolute Gasteiger partial charge is 0.284 e. The molecule has 0 aliphatic rings. The number of hydroxylamine groups is 1. The first-order valence-electron chi connectivity index (χ1n) is 7.09. The Morgan fingerprint density at radius 1 is 1.09 bits per heavy atom. The predicted octanol–water partition coefficient (Wildman–Crippen LogP) is 4.06. The number of hydrogen-bond donors (Lipinski definition) is 1. The van der Waals surface area contributed by atoms with Gasteiger partial charge in [0, 0.05) is 5.02 Å². The number of carbonyl (C=O) groups is 1. The van der Waals surface area contributed by atoms with Gasteiger partial charge >= 0.3 is 0 Å². The third kappa shape index (κ3) is 5.23. The average Bonchev–Trinajstić information content (AvgIpc) is 2.55. The topological polar surface area (TPSA) is 47.6 Å². The van der Waals surface area contributed by atoms with E-state index in [4.69, 9.17) is 21.2 Å². The van der Waals surface area contributed by atoms with Gasteiger partial charge in [0.05, 0.1) is 0 Å². The van der Waals surface area contributed by atoms with Crippen LogP contribution in [-0.4, -0.2) is 12.0 Å². The molecule has 0 saturated carbocycles. The third-order valence-electron chi connectivity index (χ3n) is 3.17. The lowest BCUT2D eigenvalue weighted by Crippen LogP contribution is -2.36. The van der Waals surface area contributed by atoms with Gasteiger partial charge in [0.2, 0.25) is 0 Å². The summed E-state index contributed by atoms with van der Waals surface area (Å²) in [7, 11) is 0. The molecular formula is C17H17ClFNO3. The minimum Gasteiger partial charge on any atom is -0.481 e. The second kappa shape index (κ2) is 7.94. The Balaban J connectivity index is 1.83. The molecule has 0 aliphatic heterocycles. The van der Waals surface area contributed by atoms with Crippen LogP contribution in [0, 0.1) is 5.82 Å². The fraction of sp³-hybridized carbons (Fsp3) is 0.235. The molecule has 0 radical (unpaired) electrons. The van der Waals surface area contributed by atoms with Gasteiger partial charge in [-0.2, -0.15) is 0 Å². The van der Waals surface area contributed by atoms with E-state index >= 15 is 0 Å². The van der Waals surface area contributed by atoms with Gasteiger partial charge in [-0.25, -0.2) is 9.87 Å². The molecule has 0 bridgehead atoms. The van der Waals surface area contributed by atoms with Gasteiger partial charge in [0.1, 0.15) is 17.7 Å². The molecule has 0 aliphatic carbocycles. The van der Waals surface area contributed by atoms with Crippen LogP contribution in [0.4, 0.5) is 4.39 Å². The molecule has 0 saturated heterocycles. The van der Waals surface area contributed by atoms with Crippen LogP contribution in [-0.2, 0) is 9.63 Å². The summed E-state index contributed by atoms with van der Waals surface area (Å²) in [5.41, 5.74) is 3.09. The van der Waals surface area contributed by atoms with Crippen LogP contribution in [0.5, 0.6) is 5.75 Å². The van der Waals surface area contributed by atoms with Crippen molar-refractivity contribution in [3.8, 4) is 5.75 Å². The minimum atomic E-state index is -0.739. The van der Waals surface area contributed by atoms with Crippen molar-refractivity contribution >= 4 is 17.5 Å². The van der Waals surface area contributed by atoms with Crippen molar-refractivity contribution in [3.05, 3.63) is 64.9 Å². The van der Waals surface area contributed by atoms with Crippen molar-refractivity contribution in [3.63, 3.8) is 0 Å². The summed E-state index contributed by atoms with van der Waals surface area (Å²) in [5, 5.41) is 0.589. The van der Waals surface area contributed by atoms with Gasteiger partial charge in [0.25, 0.3) is 5.91 Å². The van der Waals surface area contributed by atoms with Gasteiger partial charge in [-0.05, 0) is 55.8 Å². The van der Waals surface area contributed by atoms with Gasteiger partial charge in [-0.15, -0.1) is 0 Å². The van der Waals surface area contributed by atoms with Crippen LogP contribution in [0.1, 0.15) is 25.5 Å². The second-order valence-electron chi connectivity index (χ2n) is 4.99. The normalized spacial score (nSPS) is 13.2. The molecule has 2 unspecified atom stereocenters. The lowest BCUT2D eigenvalue weighted by molar-refractivity contribution is -0.144. The highest BCUT2D eigenvalue weighted by Gasteiger charge is 2.16. The fourth-order valence-corrected chi connectivity index (χ4v) is 1.93. The van der Waals surface area contributed by atoms with E-state index in [2.05, 4.69) is 5.48 Å². The Kier molecular flexibility index (Phi) is 5.96. The maximum atomic E-state index is 12.9. The molecule has 2 rings (SSSR count). The van der Waals surface area contributed by atoms with Crippen LogP contribution in [0.15, 0.2) is 48.5 Å². The number of halogens is 2. The summed E-state index contributed by atoms with van der Waals surface area (Å²) in [4.78, 5) is 17.2. The first kappa shape index (κ1) is 17.2. The monoisotopic (exact) mass is 337 g/mol. The van der Waals surface area contributed by atoms with Crippen molar-refractivity contribution in [2.45, 2.75) is 26.1 Å². The molecule has 2 aromatic rings. The molecule has 2 aromatic carbocycles. The molecule has 1 amide bonds. The molecule has 0 aromatic heterocycles. The zero-order valence-corrected chi connectivity index (χ0v) is 13.5. The van der Waals surface area contributed by atoms with Crippen molar-refractivity contribution in [2.24, 2.45) is 0 Å². The van der Waals surface area contributed by atoms with Crippen molar-refractivity contribution in [1.29, 1.82) is 0 Å². The second-order valence-corrected chi connectivity index (χ2v) is 5.43. The maximum Gasteiger partial charge on any atom is 0.284 e. The lowest BCUT2D eigenvalue weighted by Gasteiger charge is -2.17. The number of amides is 1. The molecule has 0 fully saturated rings. The SMILES string of the molecule is CC(Oc1ccc(Cl)cc1)C(=O)NOC(C)c1ccc(F)cc1. The van der Waals surface area contributed by atoms with Crippen molar-refractivity contribution in [1.82, 2.24) is 5.48 Å².